The topological polar surface area (TPSA) is 74.2 Å². The second kappa shape index (κ2) is 4.63. The third kappa shape index (κ3) is 1.94. The van der Waals surface area contributed by atoms with Crippen molar-refractivity contribution >= 4 is 5.82 Å². The fourth-order valence-electron chi connectivity index (χ4n) is 2.62. The Bertz CT molecular complexity index is 797. The minimum Gasteiger partial charge on any atom is -0.493 e. The van der Waals surface area contributed by atoms with E-state index in [1.807, 2.05) is 24.3 Å². The number of nitrogen functional groups attached to an aromatic ring is 1. The van der Waals surface area contributed by atoms with Crippen LogP contribution >= 0.6 is 0 Å². The van der Waals surface area contributed by atoms with Gasteiger partial charge in [-0.2, -0.15) is 0 Å². The lowest BCUT2D eigenvalue weighted by Crippen LogP contribution is -1.89. The zero-order valence-electron chi connectivity index (χ0n) is 11.2. The first-order valence-electron chi connectivity index (χ1n) is 6.74. The molecule has 3 aromatic rings. The number of hydrogen-bond donors (Lipinski definition) is 1. The summed E-state index contributed by atoms with van der Waals surface area (Å²) in [5.74, 6) is 1.97. The van der Waals surface area contributed by atoms with E-state index in [1.54, 1.807) is 12.4 Å². The van der Waals surface area contributed by atoms with Crippen molar-refractivity contribution in [3.05, 3.63) is 48.3 Å². The molecule has 0 unspecified atom stereocenters. The number of rotatable bonds is 2. The van der Waals surface area contributed by atoms with E-state index in [4.69, 9.17) is 15.0 Å². The van der Waals surface area contributed by atoms with E-state index < -0.39 is 0 Å². The number of anilines is 1. The highest BCUT2D eigenvalue weighted by atomic mass is 16.5. The molecule has 21 heavy (non-hydrogen) atoms. The van der Waals surface area contributed by atoms with Gasteiger partial charge in [-0.25, -0.2) is 0 Å². The molecule has 0 fully saturated rings. The molecule has 1 aliphatic heterocycles. The highest BCUT2D eigenvalue weighted by molar-refractivity contribution is 5.86. The van der Waals surface area contributed by atoms with Crippen molar-refractivity contribution in [2.45, 2.75) is 6.42 Å². The minimum atomic E-state index is 0.370. The van der Waals surface area contributed by atoms with Gasteiger partial charge in [-0.15, -0.1) is 0 Å². The van der Waals surface area contributed by atoms with Crippen LogP contribution in [0.25, 0.3) is 22.5 Å². The van der Waals surface area contributed by atoms with Crippen LogP contribution in [0.15, 0.2) is 47.2 Å². The molecule has 1 aliphatic rings. The van der Waals surface area contributed by atoms with Crippen LogP contribution in [-0.4, -0.2) is 16.7 Å². The van der Waals surface area contributed by atoms with Gasteiger partial charge in [-0.1, -0.05) is 11.2 Å². The largest absolute Gasteiger partial charge is 0.493 e. The monoisotopic (exact) mass is 279 g/mol. The molecule has 2 N–H and O–H groups in total. The van der Waals surface area contributed by atoms with E-state index in [1.165, 1.54) is 5.56 Å². The molecular formula is C16H13N3O2. The quantitative estimate of drug-likeness (QED) is 0.780. The lowest BCUT2D eigenvalue weighted by Gasteiger charge is -2.04. The van der Waals surface area contributed by atoms with Crippen molar-refractivity contribution in [2.24, 2.45) is 0 Å². The van der Waals surface area contributed by atoms with Gasteiger partial charge in [0.15, 0.2) is 11.6 Å². The zero-order valence-corrected chi connectivity index (χ0v) is 11.2. The van der Waals surface area contributed by atoms with Crippen LogP contribution < -0.4 is 10.5 Å². The Hall–Kier alpha value is -2.82. The van der Waals surface area contributed by atoms with Crippen molar-refractivity contribution in [1.29, 1.82) is 0 Å². The summed E-state index contributed by atoms with van der Waals surface area (Å²) < 4.78 is 11.0. The van der Waals surface area contributed by atoms with Crippen molar-refractivity contribution in [2.75, 3.05) is 12.3 Å². The van der Waals surface area contributed by atoms with Crippen molar-refractivity contribution in [3.8, 4) is 28.2 Å². The highest BCUT2D eigenvalue weighted by Crippen LogP contribution is 2.38. The number of ether oxygens (including phenoxy) is 1. The van der Waals surface area contributed by atoms with Crippen molar-refractivity contribution in [3.63, 3.8) is 0 Å². The molecular weight excluding hydrogens is 266 g/mol. The minimum absolute atomic E-state index is 0.370. The molecule has 0 bridgehead atoms. The number of aromatic nitrogens is 2. The summed E-state index contributed by atoms with van der Waals surface area (Å²) >= 11 is 0. The smallest absolute Gasteiger partial charge is 0.176 e. The molecule has 104 valence electrons. The number of nitrogens with two attached hydrogens (primary N) is 1. The Morgan fingerprint density at radius 1 is 1.14 bits per heavy atom. The molecule has 3 heterocycles. The van der Waals surface area contributed by atoms with E-state index in [0.717, 1.165) is 35.5 Å². The Labute approximate surface area is 121 Å². The summed E-state index contributed by atoms with van der Waals surface area (Å²) in [5.41, 5.74) is 9.76. The summed E-state index contributed by atoms with van der Waals surface area (Å²) in [6.45, 7) is 0.729. The van der Waals surface area contributed by atoms with E-state index in [0.29, 0.717) is 11.6 Å². The van der Waals surface area contributed by atoms with Gasteiger partial charge in [0, 0.05) is 29.9 Å². The van der Waals surface area contributed by atoms with E-state index in [-0.39, 0.29) is 0 Å². The van der Waals surface area contributed by atoms with Gasteiger partial charge in [-0.05, 0) is 29.8 Å². The predicted octanol–water partition coefficient (Wildman–Crippen LogP) is 2.92. The standard InChI is InChI=1S/C16H13N3O2/c17-16-14(12-2-1-6-18-9-12)15(21-19-16)11-3-4-13-10(8-11)5-7-20-13/h1-4,6,8-9H,5,7H2,(H2,17,19). The maximum Gasteiger partial charge on any atom is 0.176 e. The lowest BCUT2D eigenvalue weighted by molar-refractivity contribution is 0.357. The highest BCUT2D eigenvalue weighted by Gasteiger charge is 2.20. The van der Waals surface area contributed by atoms with Gasteiger partial charge in [-0.3, -0.25) is 4.98 Å². The lowest BCUT2D eigenvalue weighted by atomic mass is 10.0. The number of pyridine rings is 1. The van der Waals surface area contributed by atoms with Crippen molar-refractivity contribution in [1.82, 2.24) is 10.1 Å². The first-order chi connectivity index (χ1) is 10.3. The second-order valence-corrected chi connectivity index (χ2v) is 4.93. The molecule has 2 aromatic heterocycles. The van der Waals surface area contributed by atoms with Crippen LogP contribution in [0.3, 0.4) is 0 Å². The molecule has 0 saturated carbocycles. The number of benzene rings is 1. The van der Waals surface area contributed by atoms with Crippen LogP contribution in [0.4, 0.5) is 5.82 Å². The summed E-state index contributed by atoms with van der Waals surface area (Å²) in [4.78, 5) is 4.13. The normalized spacial score (nSPS) is 13.0. The molecule has 4 rings (SSSR count). The Kier molecular flexibility index (Phi) is 2.64. The summed E-state index contributed by atoms with van der Waals surface area (Å²) in [6.07, 6.45) is 4.39. The summed E-state index contributed by atoms with van der Waals surface area (Å²) in [7, 11) is 0. The molecule has 5 heteroatoms. The van der Waals surface area contributed by atoms with E-state index >= 15 is 0 Å². The number of nitrogens with zero attached hydrogens (tertiary/aromatic N) is 2. The summed E-state index contributed by atoms with van der Waals surface area (Å²) in [6, 6.07) is 9.80. The van der Waals surface area contributed by atoms with Gasteiger partial charge < -0.3 is 15.0 Å². The van der Waals surface area contributed by atoms with Gasteiger partial charge in [0.05, 0.1) is 12.2 Å². The average Bonchev–Trinajstić information content (AvgIpc) is 3.13. The Morgan fingerprint density at radius 2 is 2.10 bits per heavy atom. The average molecular weight is 279 g/mol. The SMILES string of the molecule is Nc1noc(-c2ccc3c(c2)CCO3)c1-c1cccnc1. The van der Waals surface area contributed by atoms with Gasteiger partial charge in [0.2, 0.25) is 0 Å². The van der Waals surface area contributed by atoms with Gasteiger partial charge in [0.1, 0.15) is 5.75 Å². The van der Waals surface area contributed by atoms with Gasteiger partial charge >= 0.3 is 0 Å². The Morgan fingerprint density at radius 3 is 2.95 bits per heavy atom. The van der Waals surface area contributed by atoms with E-state index in [9.17, 15) is 0 Å². The van der Waals surface area contributed by atoms with Crippen molar-refractivity contribution < 1.29 is 9.26 Å². The number of hydrogen-bond acceptors (Lipinski definition) is 5. The second-order valence-electron chi connectivity index (χ2n) is 4.93. The first-order valence-corrected chi connectivity index (χ1v) is 6.74. The third-order valence-corrected chi connectivity index (χ3v) is 3.62. The molecule has 0 amide bonds. The van der Waals surface area contributed by atoms with Crippen LogP contribution in [0, 0.1) is 0 Å². The first kappa shape index (κ1) is 12.0. The summed E-state index contributed by atoms with van der Waals surface area (Å²) in [5, 5.41) is 3.91. The predicted molar refractivity (Wildman–Crippen MR) is 78.8 cm³/mol. The molecule has 0 atom stereocenters. The van der Waals surface area contributed by atoms with E-state index in [2.05, 4.69) is 16.2 Å². The zero-order chi connectivity index (χ0) is 14.2. The van der Waals surface area contributed by atoms with Crippen LogP contribution in [0.5, 0.6) is 5.75 Å². The maximum atomic E-state index is 5.97. The Balaban J connectivity index is 1.87. The molecule has 0 aliphatic carbocycles. The van der Waals surface area contributed by atoms with Crippen LogP contribution in [-0.2, 0) is 6.42 Å². The van der Waals surface area contributed by atoms with Gasteiger partial charge in [0.25, 0.3) is 0 Å². The molecule has 5 nitrogen and oxygen atoms in total. The van der Waals surface area contributed by atoms with Crippen LogP contribution in [0.2, 0.25) is 0 Å². The number of fused-ring (bicyclic) bond motifs is 1. The van der Waals surface area contributed by atoms with Crippen LogP contribution in [0.1, 0.15) is 5.56 Å². The molecule has 0 spiro atoms. The fraction of sp³-hybridized carbons (Fsp3) is 0.125. The fourth-order valence-corrected chi connectivity index (χ4v) is 2.62. The third-order valence-electron chi connectivity index (χ3n) is 3.62. The molecule has 1 aromatic carbocycles. The maximum absolute atomic E-state index is 5.97. The molecule has 0 saturated heterocycles. The molecule has 0 radical (unpaired) electrons.